The number of fused-ring (bicyclic) bond motifs is 5. The molecular weight excluding hydrogens is 368 g/mol. The van der Waals surface area contributed by atoms with Crippen molar-refractivity contribution in [3.8, 4) is 17.1 Å². The van der Waals surface area contributed by atoms with E-state index in [0.717, 1.165) is 40.0 Å². The van der Waals surface area contributed by atoms with Crippen LogP contribution in [0.1, 0.15) is 24.1 Å². The van der Waals surface area contributed by atoms with Crippen molar-refractivity contribution in [2.45, 2.75) is 26.1 Å². The minimum Gasteiger partial charge on any atom is -0.406 e. The van der Waals surface area contributed by atoms with Crippen LogP contribution in [-0.4, -0.2) is 37.5 Å². The molecule has 0 saturated carbocycles. The first kappa shape index (κ1) is 16.5. The summed E-state index contributed by atoms with van der Waals surface area (Å²) in [6.07, 6.45) is 3.82. The SMILES string of the molecule is COCc1nnc2n1Cc1c(C3=CC(C)NO3)ncn1-c1ccc(Cl)cc1-2. The van der Waals surface area contributed by atoms with E-state index in [1.165, 1.54) is 0 Å². The molecular formula is C18H17ClN6O2. The summed E-state index contributed by atoms with van der Waals surface area (Å²) in [4.78, 5) is 10.2. The topological polar surface area (TPSA) is 79.0 Å². The van der Waals surface area contributed by atoms with Crippen LogP contribution in [0, 0.1) is 0 Å². The average molecular weight is 385 g/mol. The Bertz CT molecular complexity index is 1070. The molecule has 0 fully saturated rings. The predicted octanol–water partition coefficient (Wildman–Crippen LogP) is 2.56. The number of rotatable bonds is 3. The highest BCUT2D eigenvalue weighted by molar-refractivity contribution is 6.31. The highest BCUT2D eigenvalue weighted by Gasteiger charge is 2.29. The van der Waals surface area contributed by atoms with Gasteiger partial charge in [-0.2, -0.15) is 0 Å². The molecule has 1 aromatic carbocycles. The largest absolute Gasteiger partial charge is 0.406 e. The third kappa shape index (κ3) is 2.56. The van der Waals surface area contributed by atoms with Crippen LogP contribution in [0.15, 0.2) is 30.6 Å². The van der Waals surface area contributed by atoms with Gasteiger partial charge in [-0.3, -0.25) is 4.57 Å². The van der Waals surface area contributed by atoms with Crippen LogP contribution in [0.5, 0.6) is 0 Å². The Morgan fingerprint density at radius 2 is 2.26 bits per heavy atom. The van der Waals surface area contributed by atoms with Gasteiger partial charge in [0, 0.05) is 17.7 Å². The molecule has 5 rings (SSSR count). The maximum Gasteiger partial charge on any atom is 0.172 e. The van der Waals surface area contributed by atoms with Gasteiger partial charge >= 0.3 is 0 Å². The first-order chi connectivity index (χ1) is 13.2. The maximum atomic E-state index is 6.27. The number of halogens is 1. The van der Waals surface area contributed by atoms with Gasteiger partial charge in [0.2, 0.25) is 0 Å². The fourth-order valence-corrected chi connectivity index (χ4v) is 3.67. The molecule has 0 aliphatic carbocycles. The lowest BCUT2D eigenvalue weighted by Gasteiger charge is -2.10. The normalized spacial score (nSPS) is 17.6. The van der Waals surface area contributed by atoms with Crippen molar-refractivity contribution in [2.24, 2.45) is 0 Å². The number of nitrogens with zero attached hydrogens (tertiary/aromatic N) is 5. The monoisotopic (exact) mass is 384 g/mol. The lowest BCUT2D eigenvalue weighted by Crippen LogP contribution is -2.16. The Labute approximate surface area is 160 Å². The molecule has 9 heteroatoms. The first-order valence-corrected chi connectivity index (χ1v) is 8.95. The van der Waals surface area contributed by atoms with Crippen molar-refractivity contribution in [1.29, 1.82) is 0 Å². The number of imidazole rings is 1. The Morgan fingerprint density at radius 3 is 3.04 bits per heavy atom. The van der Waals surface area contributed by atoms with Gasteiger partial charge in [0.25, 0.3) is 0 Å². The lowest BCUT2D eigenvalue weighted by molar-refractivity contribution is 0.166. The molecule has 1 N–H and O–H groups in total. The van der Waals surface area contributed by atoms with Gasteiger partial charge in [-0.1, -0.05) is 11.6 Å². The second-order valence-corrected chi connectivity index (χ2v) is 7.01. The fraction of sp³-hybridized carbons (Fsp3) is 0.278. The minimum atomic E-state index is 0.128. The number of hydrogen-bond acceptors (Lipinski definition) is 6. The van der Waals surface area contributed by atoms with Crippen LogP contribution < -0.4 is 5.48 Å². The first-order valence-electron chi connectivity index (χ1n) is 8.58. The standard InChI is InChI=1S/C18H17ClN6O2/c1-10-5-15(27-23-10)17-14-7-24-16(8-26-2)21-22-18(24)12-6-11(19)3-4-13(12)25(14)9-20-17/h3-6,9-10,23H,7-8H2,1-2H3. The molecule has 8 nitrogen and oxygen atoms in total. The second-order valence-electron chi connectivity index (χ2n) is 6.57. The number of hydroxylamine groups is 1. The predicted molar refractivity (Wildman–Crippen MR) is 99.1 cm³/mol. The lowest BCUT2D eigenvalue weighted by atomic mass is 10.1. The van der Waals surface area contributed by atoms with Crippen LogP contribution in [0.4, 0.5) is 0 Å². The zero-order valence-electron chi connectivity index (χ0n) is 14.8. The molecule has 4 heterocycles. The Morgan fingerprint density at radius 1 is 1.37 bits per heavy atom. The summed E-state index contributed by atoms with van der Waals surface area (Å²) in [6, 6.07) is 5.86. The van der Waals surface area contributed by atoms with E-state index in [2.05, 4.69) is 25.2 Å². The molecule has 0 radical (unpaired) electrons. The molecule has 1 atom stereocenters. The fourth-order valence-electron chi connectivity index (χ4n) is 3.50. The van der Waals surface area contributed by atoms with Gasteiger partial charge in [-0.25, -0.2) is 4.98 Å². The molecule has 1 unspecified atom stereocenters. The molecule has 3 aromatic rings. The van der Waals surface area contributed by atoms with Gasteiger partial charge in [0.15, 0.2) is 17.4 Å². The van der Waals surface area contributed by atoms with Crippen molar-refractivity contribution in [1.82, 2.24) is 29.8 Å². The minimum absolute atomic E-state index is 0.128. The highest BCUT2D eigenvalue weighted by atomic mass is 35.5. The molecule has 2 aromatic heterocycles. The number of ether oxygens (including phenoxy) is 1. The number of benzene rings is 1. The van der Waals surface area contributed by atoms with Crippen LogP contribution in [-0.2, 0) is 22.7 Å². The van der Waals surface area contributed by atoms with E-state index in [4.69, 9.17) is 21.2 Å². The summed E-state index contributed by atoms with van der Waals surface area (Å²) < 4.78 is 9.39. The van der Waals surface area contributed by atoms with Crippen molar-refractivity contribution < 1.29 is 9.57 Å². The number of hydrogen-bond donors (Lipinski definition) is 1. The van der Waals surface area contributed by atoms with E-state index in [9.17, 15) is 0 Å². The van der Waals surface area contributed by atoms with E-state index in [-0.39, 0.29) is 6.04 Å². The Balaban J connectivity index is 1.76. The maximum absolute atomic E-state index is 6.27. The number of methoxy groups -OCH3 is 1. The van der Waals surface area contributed by atoms with Gasteiger partial charge in [-0.15, -0.1) is 15.7 Å². The van der Waals surface area contributed by atoms with Crippen LogP contribution in [0.25, 0.3) is 22.8 Å². The summed E-state index contributed by atoms with van der Waals surface area (Å²) in [5.74, 6) is 2.21. The molecule has 0 bridgehead atoms. The molecule has 0 amide bonds. The van der Waals surface area contributed by atoms with Crippen LogP contribution >= 0.6 is 11.6 Å². The zero-order chi connectivity index (χ0) is 18.5. The van der Waals surface area contributed by atoms with Crippen molar-refractivity contribution in [3.05, 3.63) is 52.8 Å². The van der Waals surface area contributed by atoms with E-state index in [1.807, 2.05) is 35.8 Å². The molecule has 0 spiro atoms. The summed E-state index contributed by atoms with van der Waals surface area (Å²) in [5, 5.41) is 9.35. The summed E-state index contributed by atoms with van der Waals surface area (Å²) in [5.41, 5.74) is 6.56. The average Bonchev–Trinajstić information content (AvgIpc) is 3.34. The molecule has 2 aliphatic heterocycles. The number of nitrogens with one attached hydrogen (secondary N) is 1. The summed E-state index contributed by atoms with van der Waals surface area (Å²) in [7, 11) is 1.64. The Hall–Kier alpha value is -2.68. The van der Waals surface area contributed by atoms with Crippen molar-refractivity contribution >= 4 is 17.4 Å². The van der Waals surface area contributed by atoms with Gasteiger partial charge < -0.3 is 14.1 Å². The van der Waals surface area contributed by atoms with Crippen molar-refractivity contribution in [2.75, 3.05) is 7.11 Å². The molecule has 27 heavy (non-hydrogen) atoms. The summed E-state index contributed by atoms with van der Waals surface area (Å²) >= 11 is 6.27. The van der Waals surface area contributed by atoms with Crippen LogP contribution in [0.2, 0.25) is 5.02 Å². The second kappa shape index (κ2) is 6.19. The number of aromatic nitrogens is 5. The smallest absolute Gasteiger partial charge is 0.172 e. The molecule has 2 aliphatic rings. The van der Waals surface area contributed by atoms with E-state index < -0.39 is 0 Å². The highest BCUT2D eigenvalue weighted by Crippen LogP contribution is 2.35. The van der Waals surface area contributed by atoms with Gasteiger partial charge in [0.1, 0.15) is 18.6 Å². The third-order valence-corrected chi connectivity index (χ3v) is 4.96. The van der Waals surface area contributed by atoms with E-state index in [1.54, 1.807) is 13.4 Å². The quantitative estimate of drug-likeness (QED) is 0.585. The van der Waals surface area contributed by atoms with Crippen molar-refractivity contribution in [3.63, 3.8) is 0 Å². The van der Waals surface area contributed by atoms with E-state index >= 15 is 0 Å². The van der Waals surface area contributed by atoms with Gasteiger partial charge in [0.05, 0.1) is 24.0 Å². The van der Waals surface area contributed by atoms with E-state index in [0.29, 0.717) is 18.2 Å². The third-order valence-electron chi connectivity index (χ3n) is 4.72. The van der Waals surface area contributed by atoms with Crippen LogP contribution in [0.3, 0.4) is 0 Å². The Kier molecular flexibility index (Phi) is 3.78. The zero-order valence-corrected chi connectivity index (χ0v) is 15.6. The van der Waals surface area contributed by atoms with Gasteiger partial charge in [-0.05, 0) is 31.2 Å². The summed E-state index contributed by atoms with van der Waals surface area (Å²) in [6.45, 7) is 2.93. The molecule has 138 valence electrons. The molecule has 0 saturated heterocycles.